The maximum atomic E-state index is 6.04. The smallest absolute Gasteiger partial charge is 0.131 e. The lowest BCUT2D eigenvalue weighted by Crippen LogP contribution is -2.00. The van der Waals surface area contributed by atoms with Crippen molar-refractivity contribution in [3.63, 3.8) is 0 Å². The lowest BCUT2D eigenvalue weighted by Gasteiger charge is -2.07. The van der Waals surface area contributed by atoms with Gasteiger partial charge < -0.3 is 15.0 Å². The van der Waals surface area contributed by atoms with E-state index in [1.54, 1.807) is 19.5 Å². The van der Waals surface area contributed by atoms with Crippen molar-refractivity contribution in [3.05, 3.63) is 43.2 Å². The zero-order valence-corrected chi connectivity index (χ0v) is 9.76. The van der Waals surface area contributed by atoms with Crippen molar-refractivity contribution in [2.24, 2.45) is 0 Å². The topological polar surface area (TPSA) is 53.1 Å². The number of hydrogen-bond acceptors (Lipinski definition) is 3. The van der Waals surface area contributed by atoms with Crippen LogP contribution in [0.1, 0.15) is 0 Å². The highest BCUT2D eigenvalue weighted by Crippen LogP contribution is 2.32. The molecule has 0 aliphatic rings. The van der Waals surface area contributed by atoms with Crippen molar-refractivity contribution < 1.29 is 4.74 Å². The number of para-hydroxylation sites is 1. The maximum Gasteiger partial charge on any atom is 0.131 e. The van der Waals surface area contributed by atoms with Crippen LogP contribution in [-0.2, 0) is 6.54 Å². The first-order valence-corrected chi connectivity index (χ1v) is 5.32. The number of anilines is 1. The number of hydrogen-bond donors (Lipinski definition) is 1. The zero-order chi connectivity index (χ0) is 12.3. The van der Waals surface area contributed by atoms with Gasteiger partial charge in [-0.2, -0.15) is 0 Å². The largest absolute Gasteiger partial charge is 0.496 e. The number of imidazole rings is 1. The van der Waals surface area contributed by atoms with Crippen molar-refractivity contribution in [2.75, 3.05) is 12.8 Å². The number of nitrogens with two attached hydrogens (primary N) is 1. The van der Waals surface area contributed by atoms with Gasteiger partial charge in [0.1, 0.15) is 17.3 Å². The summed E-state index contributed by atoms with van der Waals surface area (Å²) in [6, 6.07) is 7.68. The van der Waals surface area contributed by atoms with Crippen LogP contribution in [0.5, 0.6) is 5.75 Å². The van der Waals surface area contributed by atoms with Crippen LogP contribution >= 0.6 is 0 Å². The molecule has 1 heterocycles. The summed E-state index contributed by atoms with van der Waals surface area (Å²) in [6.45, 7) is 4.33. The Balaban J connectivity index is 2.49. The summed E-state index contributed by atoms with van der Waals surface area (Å²) in [5.74, 6) is 1.39. The van der Waals surface area contributed by atoms with Gasteiger partial charge in [-0.3, -0.25) is 0 Å². The molecular weight excluding hydrogens is 214 g/mol. The Kier molecular flexibility index (Phi) is 3.14. The van der Waals surface area contributed by atoms with Gasteiger partial charge in [-0.15, -0.1) is 6.58 Å². The molecule has 4 heteroatoms. The molecule has 2 rings (SSSR count). The molecule has 0 atom stereocenters. The van der Waals surface area contributed by atoms with Gasteiger partial charge in [-0.25, -0.2) is 4.98 Å². The summed E-state index contributed by atoms with van der Waals surface area (Å²) >= 11 is 0. The van der Waals surface area contributed by atoms with Crippen molar-refractivity contribution in [1.29, 1.82) is 0 Å². The minimum absolute atomic E-state index is 0.620. The Hall–Kier alpha value is -2.23. The summed E-state index contributed by atoms with van der Waals surface area (Å²) in [5.41, 5.74) is 7.68. The first-order chi connectivity index (χ1) is 8.27. The summed E-state index contributed by atoms with van der Waals surface area (Å²) in [4.78, 5) is 4.32. The van der Waals surface area contributed by atoms with E-state index in [9.17, 15) is 0 Å². The van der Waals surface area contributed by atoms with Gasteiger partial charge in [0.05, 0.1) is 13.4 Å². The number of methoxy groups -OCH3 is 1. The van der Waals surface area contributed by atoms with E-state index in [1.165, 1.54) is 0 Å². The molecule has 0 spiro atoms. The number of nitrogens with zero attached hydrogens (tertiary/aromatic N) is 2. The van der Waals surface area contributed by atoms with Gasteiger partial charge in [0.15, 0.2) is 0 Å². The standard InChI is InChI=1S/C13H15N3O/c1-3-8-16-9-15-12(13(16)14)10-6-4-5-7-11(10)17-2/h3-7,9H,1,8,14H2,2H3. The Morgan fingerprint density at radius 3 is 2.94 bits per heavy atom. The second-order valence-electron chi connectivity index (χ2n) is 3.62. The SMILES string of the molecule is C=CCn1cnc(-c2ccccc2OC)c1N. The van der Waals surface area contributed by atoms with Crippen LogP contribution in [0.2, 0.25) is 0 Å². The molecule has 0 aliphatic heterocycles. The number of benzene rings is 1. The molecule has 0 fully saturated rings. The highest BCUT2D eigenvalue weighted by atomic mass is 16.5. The highest BCUT2D eigenvalue weighted by molar-refractivity contribution is 5.75. The van der Waals surface area contributed by atoms with E-state index in [1.807, 2.05) is 28.8 Å². The molecule has 0 unspecified atom stereocenters. The fourth-order valence-electron chi connectivity index (χ4n) is 1.72. The molecule has 4 nitrogen and oxygen atoms in total. The molecular formula is C13H15N3O. The Labute approximate surface area is 100 Å². The van der Waals surface area contributed by atoms with Crippen LogP contribution in [0.4, 0.5) is 5.82 Å². The Bertz CT molecular complexity index is 531. The summed E-state index contributed by atoms with van der Waals surface area (Å²) in [7, 11) is 1.63. The van der Waals surface area contributed by atoms with Crippen LogP contribution in [0, 0.1) is 0 Å². The number of aromatic nitrogens is 2. The molecule has 0 bridgehead atoms. The van der Waals surface area contributed by atoms with Gasteiger partial charge in [-0.1, -0.05) is 18.2 Å². The Morgan fingerprint density at radius 1 is 1.47 bits per heavy atom. The average Bonchev–Trinajstić information content (AvgIpc) is 2.72. The minimum atomic E-state index is 0.620. The number of rotatable bonds is 4. The summed E-state index contributed by atoms with van der Waals surface area (Å²) in [6.07, 6.45) is 3.49. The van der Waals surface area contributed by atoms with Crippen LogP contribution in [-0.4, -0.2) is 16.7 Å². The fraction of sp³-hybridized carbons (Fsp3) is 0.154. The van der Waals surface area contributed by atoms with E-state index in [0.717, 1.165) is 17.0 Å². The summed E-state index contributed by atoms with van der Waals surface area (Å²) in [5, 5.41) is 0. The molecule has 2 aromatic rings. The van der Waals surface area contributed by atoms with Crippen LogP contribution in [0.25, 0.3) is 11.3 Å². The van der Waals surface area contributed by atoms with Crippen LogP contribution < -0.4 is 10.5 Å². The maximum absolute atomic E-state index is 6.04. The minimum Gasteiger partial charge on any atom is -0.496 e. The third-order valence-corrected chi connectivity index (χ3v) is 2.57. The van der Waals surface area contributed by atoms with Gasteiger partial charge >= 0.3 is 0 Å². The molecule has 2 N–H and O–H groups in total. The zero-order valence-electron chi connectivity index (χ0n) is 9.76. The second-order valence-corrected chi connectivity index (χ2v) is 3.62. The number of ether oxygens (including phenoxy) is 1. The van der Waals surface area contributed by atoms with E-state index < -0.39 is 0 Å². The van der Waals surface area contributed by atoms with E-state index in [-0.39, 0.29) is 0 Å². The average molecular weight is 229 g/mol. The number of nitrogen functional groups attached to an aromatic ring is 1. The third kappa shape index (κ3) is 2.01. The van der Waals surface area contributed by atoms with E-state index in [4.69, 9.17) is 10.5 Å². The van der Waals surface area contributed by atoms with E-state index in [0.29, 0.717) is 12.4 Å². The second kappa shape index (κ2) is 4.74. The molecule has 0 saturated heterocycles. The molecule has 1 aromatic carbocycles. The third-order valence-electron chi connectivity index (χ3n) is 2.57. The molecule has 1 aromatic heterocycles. The molecule has 0 radical (unpaired) electrons. The van der Waals surface area contributed by atoms with Crippen molar-refractivity contribution >= 4 is 5.82 Å². The lowest BCUT2D eigenvalue weighted by molar-refractivity contribution is 0.416. The molecule has 88 valence electrons. The van der Waals surface area contributed by atoms with Crippen molar-refractivity contribution in [3.8, 4) is 17.0 Å². The normalized spacial score (nSPS) is 10.2. The van der Waals surface area contributed by atoms with Crippen molar-refractivity contribution in [1.82, 2.24) is 9.55 Å². The highest BCUT2D eigenvalue weighted by Gasteiger charge is 2.12. The quantitative estimate of drug-likeness (QED) is 0.818. The molecule has 17 heavy (non-hydrogen) atoms. The predicted octanol–water partition coefficient (Wildman–Crippen LogP) is 2.33. The lowest BCUT2D eigenvalue weighted by atomic mass is 10.1. The Morgan fingerprint density at radius 2 is 2.24 bits per heavy atom. The van der Waals surface area contributed by atoms with Crippen LogP contribution in [0.15, 0.2) is 43.2 Å². The molecule has 0 aliphatic carbocycles. The van der Waals surface area contributed by atoms with E-state index >= 15 is 0 Å². The monoisotopic (exact) mass is 229 g/mol. The van der Waals surface area contributed by atoms with Crippen LogP contribution in [0.3, 0.4) is 0 Å². The molecule has 0 saturated carbocycles. The van der Waals surface area contributed by atoms with Gasteiger partial charge in [0.2, 0.25) is 0 Å². The van der Waals surface area contributed by atoms with E-state index in [2.05, 4.69) is 11.6 Å². The van der Waals surface area contributed by atoms with Crippen molar-refractivity contribution in [2.45, 2.75) is 6.54 Å². The number of allylic oxidation sites excluding steroid dienone is 1. The van der Waals surface area contributed by atoms with Gasteiger partial charge in [0.25, 0.3) is 0 Å². The molecule has 0 amide bonds. The summed E-state index contributed by atoms with van der Waals surface area (Å²) < 4.78 is 7.14. The first kappa shape index (κ1) is 11.3. The van der Waals surface area contributed by atoms with Gasteiger partial charge in [0, 0.05) is 12.1 Å². The van der Waals surface area contributed by atoms with Gasteiger partial charge in [-0.05, 0) is 12.1 Å². The fourth-order valence-corrected chi connectivity index (χ4v) is 1.72. The predicted molar refractivity (Wildman–Crippen MR) is 68.8 cm³/mol. The first-order valence-electron chi connectivity index (χ1n) is 5.32.